The van der Waals surface area contributed by atoms with Gasteiger partial charge in [0.05, 0.1) is 6.10 Å². The molecule has 0 heterocycles. The van der Waals surface area contributed by atoms with Crippen LogP contribution in [0, 0.1) is 0 Å². The quantitative estimate of drug-likeness (QED) is 0.625. The van der Waals surface area contributed by atoms with Crippen molar-refractivity contribution in [1.82, 2.24) is 0 Å². The third-order valence-electron chi connectivity index (χ3n) is 1.92. The van der Waals surface area contributed by atoms with E-state index in [-0.39, 0.29) is 6.79 Å². The molecule has 0 saturated heterocycles. The van der Waals surface area contributed by atoms with E-state index in [1.165, 1.54) is 0 Å². The number of rotatable bonds is 5. The molecule has 0 amide bonds. The predicted octanol–water partition coefficient (Wildman–Crippen LogP) is 2.77. The van der Waals surface area contributed by atoms with Gasteiger partial charge in [-0.1, -0.05) is 11.6 Å². The Labute approximate surface area is 94.6 Å². The van der Waals surface area contributed by atoms with E-state index in [4.69, 9.17) is 21.1 Å². The topological polar surface area (TPSA) is 38.7 Å². The second kappa shape index (κ2) is 5.95. The second-order valence-electron chi connectivity index (χ2n) is 3.11. The molecular formula is C11H15ClO3. The first kappa shape index (κ1) is 12.3. The summed E-state index contributed by atoms with van der Waals surface area (Å²) in [4.78, 5) is 0. The van der Waals surface area contributed by atoms with Crippen LogP contribution in [0.2, 0.25) is 5.02 Å². The summed E-state index contributed by atoms with van der Waals surface area (Å²) in [5, 5.41) is 10.1. The SMILES string of the molecule is CCOCOc1ccc(Cl)cc1C(C)O. The molecule has 0 fully saturated rings. The Morgan fingerprint density at radius 3 is 2.80 bits per heavy atom. The fraction of sp³-hybridized carbons (Fsp3) is 0.455. The van der Waals surface area contributed by atoms with Crippen molar-refractivity contribution in [2.24, 2.45) is 0 Å². The normalized spacial score (nSPS) is 12.5. The van der Waals surface area contributed by atoms with E-state index in [0.29, 0.717) is 22.9 Å². The molecule has 1 atom stereocenters. The molecule has 0 aliphatic heterocycles. The Kier molecular flexibility index (Phi) is 4.88. The van der Waals surface area contributed by atoms with Gasteiger partial charge in [-0.25, -0.2) is 0 Å². The third kappa shape index (κ3) is 3.70. The lowest BCUT2D eigenvalue weighted by atomic mass is 10.1. The maximum Gasteiger partial charge on any atom is 0.189 e. The van der Waals surface area contributed by atoms with Crippen molar-refractivity contribution in [2.75, 3.05) is 13.4 Å². The number of ether oxygens (including phenoxy) is 2. The third-order valence-corrected chi connectivity index (χ3v) is 2.16. The van der Waals surface area contributed by atoms with E-state index in [0.717, 1.165) is 0 Å². The minimum Gasteiger partial charge on any atom is -0.467 e. The fourth-order valence-electron chi connectivity index (χ4n) is 1.17. The Balaban J connectivity index is 2.77. The number of aliphatic hydroxyl groups excluding tert-OH is 1. The molecule has 0 aliphatic rings. The van der Waals surface area contributed by atoms with E-state index >= 15 is 0 Å². The highest BCUT2D eigenvalue weighted by atomic mass is 35.5. The van der Waals surface area contributed by atoms with Gasteiger partial charge < -0.3 is 14.6 Å². The summed E-state index contributed by atoms with van der Waals surface area (Å²) in [5.41, 5.74) is 0.669. The lowest BCUT2D eigenvalue weighted by molar-refractivity contribution is 0.0205. The van der Waals surface area contributed by atoms with E-state index in [1.54, 1.807) is 25.1 Å². The molecule has 1 aromatic carbocycles. The van der Waals surface area contributed by atoms with Crippen LogP contribution in [0.4, 0.5) is 0 Å². The highest BCUT2D eigenvalue weighted by molar-refractivity contribution is 6.30. The molecule has 0 aromatic heterocycles. The largest absolute Gasteiger partial charge is 0.467 e. The summed E-state index contributed by atoms with van der Waals surface area (Å²) >= 11 is 5.82. The van der Waals surface area contributed by atoms with Gasteiger partial charge in [0.15, 0.2) is 6.79 Å². The van der Waals surface area contributed by atoms with E-state index < -0.39 is 6.10 Å². The Hall–Kier alpha value is -0.770. The van der Waals surface area contributed by atoms with Crippen LogP contribution < -0.4 is 4.74 Å². The van der Waals surface area contributed by atoms with Crippen LogP contribution >= 0.6 is 11.6 Å². The average molecular weight is 231 g/mol. The molecule has 0 spiro atoms. The molecule has 3 nitrogen and oxygen atoms in total. The van der Waals surface area contributed by atoms with Gasteiger partial charge in [-0.15, -0.1) is 0 Å². The predicted molar refractivity (Wildman–Crippen MR) is 59.2 cm³/mol. The van der Waals surface area contributed by atoms with Gasteiger partial charge in [-0.05, 0) is 32.0 Å². The van der Waals surface area contributed by atoms with E-state index in [9.17, 15) is 5.11 Å². The molecule has 0 bridgehead atoms. The molecule has 1 rings (SSSR count). The van der Waals surface area contributed by atoms with Crippen molar-refractivity contribution < 1.29 is 14.6 Å². The first-order chi connectivity index (χ1) is 7.15. The van der Waals surface area contributed by atoms with Crippen molar-refractivity contribution in [3.63, 3.8) is 0 Å². The minimum atomic E-state index is -0.611. The summed E-state index contributed by atoms with van der Waals surface area (Å²) in [6, 6.07) is 5.13. The lowest BCUT2D eigenvalue weighted by Gasteiger charge is -2.13. The zero-order chi connectivity index (χ0) is 11.3. The summed E-state index contributed by atoms with van der Waals surface area (Å²) in [6.45, 7) is 4.33. The highest BCUT2D eigenvalue weighted by Gasteiger charge is 2.09. The number of benzene rings is 1. The smallest absolute Gasteiger partial charge is 0.189 e. The van der Waals surface area contributed by atoms with Crippen molar-refractivity contribution >= 4 is 11.6 Å². The van der Waals surface area contributed by atoms with Gasteiger partial charge in [-0.2, -0.15) is 0 Å². The minimum absolute atomic E-state index is 0.178. The maximum absolute atomic E-state index is 9.51. The molecule has 84 valence electrons. The van der Waals surface area contributed by atoms with Crippen LogP contribution in [0.1, 0.15) is 25.5 Å². The van der Waals surface area contributed by atoms with Crippen LogP contribution in [-0.2, 0) is 4.74 Å². The fourth-order valence-corrected chi connectivity index (χ4v) is 1.35. The van der Waals surface area contributed by atoms with Crippen LogP contribution in [0.5, 0.6) is 5.75 Å². The molecule has 4 heteroatoms. The van der Waals surface area contributed by atoms with Gasteiger partial charge in [0.25, 0.3) is 0 Å². The average Bonchev–Trinajstić information content (AvgIpc) is 2.20. The number of aliphatic hydroxyl groups is 1. The van der Waals surface area contributed by atoms with Crippen LogP contribution in [0.3, 0.4) is 0 Å². The van der Waals surface area contributed by atoms with Crippen LogP contribution in [-0.4, -0.2) is 18.5 Å². The summed E-state index contributed by atoms with van der Waals surface area (Å²) in [5.74, 6) is 0.600. The molecule has 1 unspecified atom stereocenters. The van der Waals surface area contributed by atoms with Crippen molar-refractivity contribution in [1.29, 1.82) is 0 Å². The van der Waals surface area contributed by atoms with E-state index in [2.05, 4.69) is 0 Å². The Morgan fingerprint density at radius 2 is 2.20 bits per heavy atom. The molecule has 15 heavy (non-hydrogen) atoms. The van der Waals surface area contributed by atoms with Crippen molar-refractivity contribution in [3.05, 3.63) is 28.8 Å². The van der Waals surface area contributed by atoms with Gasteiger partial charge in [0, 0.05) is 17.2 Å². The molecule has 0 radical (unpaired) electrons. The van der Waals surface area contributed by atoms with Gasteiger partial charge in [0.2, 0.25) is 0 Å². The zero-order valence-corrected chi connectivity index (χ0v) is 9.62. The first-order valence-corrected chi connectivity index (χ1v) is 5.21. The Morgan fingerprint density at radius 1 is 1.47 bits per heavy atom. The van der Waals surface area contributed by atoms with Crippen LogP contribution in [0.15, 0.2) is 18.2 Å². The monoisotopic (exact) mass is 230 g/mol. The second-order valence-corrected chi connectivity index (χ2v) is 3.55. The van der Waals surface area contributed by atoms with Crippen molar-refractivity contribution in [3.8, 4) is 5.75 Å². The van der Waals surface area contributed by atoms with Crippen molar-refractivity contribution in [2.45, 2.75) is 20.0 Å². The zero-order valence-electron chi connectivity index (χ0n) is 8.87. The summed E-state index contributed by atoms with van der Waals surface area (Å²) < 4.78 is 10.4. The highest BCUT2D eigenvalue weighted by Crippen LogP contribution is 2.28. The van der Waals surface area contributed by atoms with Gasteiger partial charge >= 0.3 is 0 Å². The van der Waals surface area contributed by atoms with E-state index in [1.807, 2.05) is 6.92 Å². The molecule has 1 aromatic rings. The molecule has 1 N–H and O–H groups in total. The standard InChI is InChI=1S/C11H15ClO3/c1-3-14-7-15-11-5-4-9(12)6-10(11)8(2)13/h4-6,8,13H,3,7H2,1-2H3. The number of hydrogen-bond acceptors (Lipinski definition) is 3. The van der Waals surface area contributed by atoms with Gasteiger partial charge in [0.1, 0.15) is 5.75 Å². The van der Waals surface area contributed by atoms with Crippen LogP contribution in [0.25, 0.3) is 0 Å². The first-order valence-electron chi connectivity index (χ1n) is 4.83. The summed E-state index contributed by atoms with van der Waals surface area (Å²) in [6.07, 6.45) is -0.611. The number of halogens is 1. The summed E-state index contributed by atoms with van der Waals surface area (Å²) in [7, 11) is 0. The molecule has 0 aliphatic carbocycles. The maximum atomic E-state index is 9.51. The molecular weight excluding hydrogens is 216 g/mol. The lowest BCUT2D eigenvalue weighted by Crippen LogP contribution is -2.05. The Bertz CT molecular complexity index is 313. The van der Waals surface area contributed by atoms with Gasteiger partial charge in [-0.3, -0.25) is 0 Å². The molecule has 0 saturated carbocycles. The number of hydrogen-bond donors (Lipinski definition) is 1.